The SMILES string of the molecule is CC(C)n1cc([C@@H]2CN(Cc3ccn(C4CCCC4)n3)C[C@H]2CO)cn1. The van der Waals surface area contributed by atoms with Crippen molar-refractivity contribution in [3.05, 3.63) is 35.9 Å². The molecule has 0 spiro atoms. The number of nitrogens with zero attached hydrogens (tertiary/aromatic N) is 5. The topological polar surface area (TPSA) is 59.1 Å². The summed E-state index contributed by atoms with van der Waals surface area (Å²) < 4.78 is 4.18. The van der Waals surface area contributed by atoms with Crippen molar-refractivity contribution >= 4 is 0 Å². The third-order valence-corrected chi connectivity index (χ3v) is 6.08. The predicted molar refractivity (Wildman–Crippen MR) is 101 cm³/mol. The maximum Gasteiger partial charge on any atom is 0.0764 e. The largest absolute Gasteiger partial charge is 0.396 e. The Morgan fingerprint density at radius 3 is 2.73 bits per heavy atom. The van der Waals surface area contributed by atoms with Gasteiger partial charge in [-0.15, -0.1) is 0 Å². The number of hydrogen-bond donors (Lipinski definition) is 1. The van der Waals surface area contributed by atoms with Gasteiger partial charge in [0.05, 0.1) is 17.9 Å². The quantitative estimate of drug-likeness (QED) is 0.863. The number of hydrogen-bond acceptors (Lipinski definition) is 4. The summed E-state index contributed by atoms with van der Waals surface area (Å²) in [6, 6.07) is 3.13. The third-order valence-electron chi connectivity index (χ3n) is 6.08. The number of aliphatic hydroxyl groups excluding tert-OH is 1. The highest BCUT2D eigenvalue weighted by atomic mass is 16.3. The summed E-state index contributed by atoms with van der Waals surface area (Å²) in [7, 11) is 0. The van der Waals surface area contributed by atoms with E-state index in [1.165, 1.54) is 31.2 Å². The molecule has 26 heavy (non-hydrogen) atoms. The van der Waals surface area contributed by atoms with Crippen molar-refractivity contribution in [2.75, 3.05) is 19.7 Å². The first-order valence-corrected chi connectivity index (χ1v) is 10.1. The van der Waals surface area contributed by atoms with Crippen LogP contribution in [0.3, 0.4) is 0 Å². The Morgan fingerprint density at radius 1 is 1.23 bits per heavy atom. The van der Waals surface area contributed by atoms with Gasteiger partial charge < -0.3 is 5.11 Å². The van der Waals surface area contributed by atoms with Gasteiger partial charge in [0, 0.05) is 56.5 Å². The fraction of sp³-hybridized carbons (Fsp3) is 0.700. The molecule has 4 rings (SSSR count). The van der Waals surface area contributed by atoms with Crippen molar-refractivity contribution in [3.63, 3.8) is 0 Å². The summed E-state index contributed by atoms with van der Waals surface area (Å²) >= 11 is 0. The van der Waals surface area contributed by atoms with Crippen LogP contribution in [0.25, 0.3) is 0 Å². The van der Waals surface area contributed by atoms with Gasteiger partial charge in [0.1, 0.15) is 0 Å². The van der Waals surface area contributed by atoms with Crippen LogP contribution in [0.4, 0.5) is 0 Å². The summed E-state index contributed by atoms with van der Waals surface area (Å²) in [6.45, 7) is 7.26. The maximum atomic E-state index is 9.87. The Bertz CT molecular complexity index is 715. The van der Waals surface area contributed by atoms with Crippen molar-refractivity contribution in [2.45, 2.75) is 64.1 Å². The van der Waals surface area contributed by atoms with Crippen molar-refractivity contribution in [1.29, 1.82) is 0 Å². The Balaban J connectivity index is 1.42. The normalized spacial score (nSPS) is 24.9. The second kappa shape index (κ2) is 7.53. The average Bonchev–Trinajstić information content (AvgIpc) is 3.40. The monoisotopic (exact) mass is 357 g/mol. The van der Waals surface area contributed by atoms with Crippen LogP contribution in [0, 0.1) is 5.92 Å². The van der Waals surface area contributed by atoms with Gasteiger partial charge >= 0.3 is 0 Å². The van der Waals surface area contributed by atoms with E-state index in [1.807, 2.05) is 10.9 Å². The number of likely N-dealkylation sites (tertiary alicyclic amines) is 1. The van der Waals surface area contributed by atoms with Crippen LogP contribution in [0.15, 0.2) is 24.7 Å². The van der Waals surface area contributed by atoms with Crippen LogP contribution < -0.4 is 0 Å². The molecule has 0 bridgehead atoms. The first-order chi connectivity index (χ1) is 12.6. The van der Waals surface area contributed by atoms with Crippen molar-refractivity contribution in [1.82, 2.24) is 24.5 Å². The van der Waals surface area contributed by atoms with E-state index < -0.39 is 0 Å². The predicted octanol–water partition coefficient (Wildman–Crippen LogP) is 2.98. The van der Waals surface area contributed by atoms with Gasteiger partial charge in [-0.3, -0.25) is 14.3 Å². The molecule has 1 aliphatic heterocycles. The molecule has 2 aromatic rings. The van der Waals surface area contributed by atoms with E-state index in [0.717, 1.165) is 25.3 Å². The molecule has 2 fully saturated rings. The first-order valence-electron chi connectivity index (χ1n) is 10.1. The summed E-state index contributed by atoms with van der Waals surface area (Å²) in [5.41, 5.74) is 2.39. The van der Waals surface area contributed by atoms with Crippen LogP contribution in [0.5, 0.6) is 0 Å². The number of rotatable bonds is 6. The van der Waals surface area contributed by atoms with Gasteiger partial charge in [0.15, 0.2) is 0 Å². The van der Waals surface area contributed by atoms with Gasteiger partial charge in [-0.25, -0.2) is 0 Å². The van der Waals surface area contributed by atoms with Crippen LogP contribution in [-0.4, -0.2) is 49.3 Å². The number of aliphatic hydroxyl groups is 1. The van der Waals surface area contributed by atoms with Crippen molar-refractivity contribution < 1.29 is 5.11 Å². The summed E-state index contributed by atoms with van der Waals surface area (Å²) in [5, 5.41) is 19.2. The Kier molecular flexibility index (Phi) is 5.14. The van der Waals surface area contributed by atoms with E-state index in [-0.39, 0.29) is 12.5 Å². The van der Waals surface area contributed by atoms with Gasteiger partial charge in [0.2, 0.25) is 0 Å². The molecule has 1 aliphatic carbocycles. The summed E-state index contributed by atoms with van der Waals surface area (Å²) in [4.78, 5) is 2.43. The Morgan fingerprint density at radius 2 is 2.04 bits per heavy atom. The molecule has 2 atom stereocenters. The molecule has 1 N–H and O–H groups in total. The van der Waals surface area contributed by atoms with Gasteiger partial charge in [-0.1, -0.05) is 12.8 Å². The maximum absolute atomic E-state index is 9.87. The third kappa shape index (κ3) is 3.58. The van der Waals surface area contributed by atoms with Gasteiger partial charge in [0.25, 0.3) is 0 Å². The van der Waals surface area contributed by atoms with E-state index >= 15 is 0 Å². The molecule has 0 amide bonds. The van der Waals surface area contributed by atoms with Crippen LogP contribution in [0.1, 0.15) is 68.8 Å². The smallest absolute Gasteiger partial charge is 0.0764 e. The van der Waals surface area contributed by atoms with Crippen LogP contribution >= 0.6 is 0 Å². The molecule has 2 aliphatic rings. The summed E-state index contributed by atoms with van der Waals surface area (Å²) in [6.07, 6.45) is 11.5. The molecule has 6 heteroatoms. The molecular weight excluding hydrogens is 326 g/mol. The summed E-state index contributed by atoms with van der Waals surface area (Å²) in [5.74, 6) is 0.626. The highest BCUT2D eigenvalue weighted by molar-refractivity contribution is 5.17. The molecule has 0 unspecified atom stereocenters. The van der Waals surface area contributed by atoms with Gasteiger partial charge in [-0.2, -0.15) is 10.2 Å². The lowest BCUT2D eigenvalue weighted by Crippen LogP contribution is -2.21. The minimum Gasteiger partial charge on any atom is -0.396 e. The lowest BCUT2D eigenvalue weighted by atomic mass is 9.92. The molecule has 6 nitrogen and oxygen atoms in total. The van der Waals surface area contributed by atoms with E-state index in [1.54, 1.807) is 0 Å². The van der Waals surface area contributed by atoms with E-state index in [9.17, 15) is 5.11 Å². The van der Waals surface area contributed by atoms with Crippen molar-refractivity contribution in [2.24, 2.45) is 5.92 Å². The van der Waals surface area contributed by atoms with Crippen molar-refractivity contribution in [3.8, 4) is 0 Å². The van der Waals surface area contributed by atoms with Crippen LogP contribution in [0.2, 0.25) is 0 Å². The molecular formula is C20H31N5O. The molecule has 1 saturated heterocycles. The molecule has 1 saturated carbocycles. The fourth-order valence-electron chi connectivity index (χ4n) is 4.54. The Labute approximate surface area is 155 Å². The molecule has 0 radical (unpaired) electrons. The fourth-order valence-corrected chi connectivity index (χ4v) is 4.54. The average molecular weight is 358 g/mol. The minimum absolute atomic E-state index is 0.227. The van der Waals surface area contributed by atoms with E-state index in [2.05, 4.69) is 47.0 Å². The van der Waals surface area contributed by atoms with Gasteiger partial charge in [-0.05, 0) is 38.3 Å². The zero-order valence-corrected chi connectivity index (χ0v) is 16.0. The van der Waals surface area contributed by atoms with E-state index in [0.29, 0.717) is 18.0 Å². The Hall–Kier alpha value is -1.66. The molecule has 3 heterocycles. The second-order valence-electron chi connectivity index (χ2n) is 8.32. The lowest BCUT2D eigenvalue weighted by Gasteiger charge is -2.14. The zero-order valence-electron chi connectivity index (χ0n) is 16.0. The standard InChI is InChI=1S/C20H31N5O/c1-15(2)25-11-16(9-21-25)20-13-23(10-17(20)14-26)12-18-7-8-24(22-18)19-5-3-4-6-19/h7-9,11,15,17,19-20,26H,3-6,10,12-14H2,1-2H3/t17-,20-/m0/s1. The highest BCUT2D eigenvalue weighted by Crippen LogP contribution is 2.33. The molecule has 0 aromatic carbocycles. The molecule has 142 valence electrons. The second-order valence-corrected chi connectivity index (χ2v) is 8.32. The highest BCUT2D eigenvalue weighted by Gasteiger charge is 2.34. The number of aromatic nitrogens is 4. The van der Waals surface area contributed by atoms with Crippen LogP contribution in [-0.2, 0) is 6.54 Å². The van der Waals surface area contributed by atoms with E-state index in [4.69, 9.17) is 5.10 Å². The first kappa shape index (κ1) is 17.7. The lowest BCUT2D eigenvalue weighted by molar-refractivity contribution is 0.213. The zero-order chi connectivity index (χ0) is 18.1. The minimum atomic E-state index is 0.227. The molecule has 2 aromatic heterocycles.